The second-order valence-electron chi connectivity index (χ2n) is 4.59. The molecule has 0 radical (unpaired) electrons. The van der Waals surface area contributed by atoms with Gasteiger partial charge in [-0.2, -0.15) is 10.2 Å². The topological polar surface area (TPSA) is 68.0 Å². The average molecular weight is 262 g/mol. The van der Waals surface area contributed by atoms with Crippen LogP contribution in [-0.2, 0) is 13.6 Å². The Hall–Kier alpha value is -2.15. The third-order valence-electron chi connectivity index (χ3n) is 2.72. The van der Waals surface area contributed by atoms with Crippen molar-refractivity contribution in [3.05, 3.63) is 30.4 Å². The molecule has 2 aromatic rings. The number of nitrogens with zero attached hydrogens (tertiary/aromatic N) is 5. The molecule has 0 aliphatic rings. The molecule has 0 fully saturated rings. The van der Waals surface area contributed by atoms with Crippen LogP contribution in [0.15, 0.2) is 24.7 Å². The van der Waals surface area contributed by atoms with Gasteiger partial charge < -0.3 is 10.2 Å². The highest BCUT2D eigenvalue weighted by Crippen LogP contribution is 2.07. The Kier molecular flexibility index (Phi) is 3.96. The van der Waals surface area contributed by atoms with Crippen LogP contribution in [0.4, 0.5) is 5.69 Å². The van der Waals surface area contributed by atoms with Gasteiger partial charge in [-0.25, -0.2) is 0 Å². The van der Waals surface area contributed by atoms with Gasteiger partial charge in [0.2, 0.25) is 0 Å². The van der Waals surface area contributed by atoms with E-state index in [-0.39, 0.29) is 5.91 Å². The molecule has 0 bridgehead atoms. The Bertz CT molecular complexity index is 556. The molecule has 19 heavy (non-hydrogen) atoms. The molecular formula is C12H18N6O. The molecule has 0 saturated carbocycles. The summed E-state index contributed by atoms with van der Waals surface area (Å²) in [5.74, 6) is -0.188. The summed E-state index contributed by atoms with van der Waals surface area (Å²) in [7, 11) is 5.75. The molecule has 2 aromatic heterocycles. The molecule has 0 aliphatic heterocycles. The number of amides is 1. The van der Waals surface area contributed by atoms with Gasteiger partial charge >= 0.3 is 0 Å². The fourth-order valence-electron chi connectivity index (χ4n) is 1.64. The number of hydrogen-bond donors (Lipinski definition) is 1. The highest BCUT2D eigenvalue weighted by molar-refractivity contribution is 6.02. The quantitative estimate of drug-likeness (QED) is 0.848. The highest BCUT2D eigenvalue weighted by Gasteiger charge is 2.10. The third-order valence-corrected chi connectivity index (χ3v) is 2.72. The Morgan fingerprint density at radius 2 is 2.21 bits per heavy atom. The molecule has 0 unspecified atom stereocenters. The molecule has 7 heteroatoms. The molecule has 0 aromatic carbocycles. The lowest BCUT2D eigenvalue weighted by molar-refractivity contribution is 0.101. The first-order valence-corrected chi connectivity index (χ1v) is 6.03. The predicted octanol–water partition coefficient (Wildman–Crippen LogP) is 0.430. The van der Waals surface area contributed by atoms with Crippen molar-refractivity contribution < 1.29 is 4.79 Å². The molecule has 1 N–H and O–H groups in total. The molecule has 0 atom stereocenters. The van der Waals surface area contributed by atoms with E-state index >= 15 is 0 Å². The lowest BCUT2D eigenvalue weighted by Crippen LogP contribution is -2.18. The number of aromatic nitrogens is 4. The molecule has 0 spiro atoms. The van der Waals surface area contributed by atoms with Crippen molar-refractivity contribution in [3.63, 3.8) is 0 Å². The number of nitrogens with one attached hydrogen (secondary N) is 1. The summed E-state index contributed by atoms with van der Waals surface area (Å²) in [4.78, 5) is 14.0. The number of anilines is 1. The zero-order valence-corrected chi connectivity index (χ0v) is 11.4. The SMILES string of the molecule is CN(C)CCn1cc(NC(=O)c2ccnn2C)cn1. The Morgan fingerprint density at radius 1 is 1.42 bits per heavy atom. The number of hydrogen-bond acceptors (Lipinski definition) is 4. The van der Waals surface area contributed by atoms with Gasteiger partial charge in [-0.15, -0.1) is 0 Å². The van der Waals surface area contributed by atoms with Crippen LogP contribution in [0.5, 0.6) is 0 Å². The van der Waals surface area contributed by atoms with Crippen molar-refractivity contribution in [1.29, 1.82) is 0 Å². The summed E-state index contributed by atoms with van der Waals surface area (Å²) in [6.07, 6.45) is 5.05. The van der Waals surface area contributed by atoms with Gasteiger partial charge in [0.25, 0.3) is 5.91 Å². The van der Waals surface area contributed by atoms with Crippen molar-refractivity contribution in [2.75, 3.05) is 26.0 Å². The minimum atomic E-state index is -0.188. The number of carbonyl (C=O) groups is 1. The van der Waals surface area contributed by atoms with E-state index in [0.29, 0.717) is 11.4 Å². The summed E-state index contributed by atoms with van der Waals surface area (Å²) in [6, 6.07) is 1.67. The highest BCUT2D eigenvalue weighted by atomic mass is 16.2. The van der Waals surface area contributed by atoms with Gasteiger partial charge in [0, 0.05) is 26.0 Å². The van der Waals surface area contributed by atoms with E-state index in [1.165, 1.54) is 4.68 Å². The van der Waals surface area contributed by atoms with Gasteiger partial charge in [0.05, 0.1) is 18.4 Å². The van der Waals surface area contributed by atoms with Gasteiger partial charge in [0.1, 0.15) is 5.69 Å². The Labute approximate surface area is 111 Å². The van der Waals surface area contributed by atoms with E-state index in [4.69, 9.17) is 0 Å². The standard InChI is InChI=1S/C12H18N6O/c1-16(2)6-7-18-9-10(8-14-18)15-12(19)11-4-5-13-17(11)3/h4-5,8-9H,6-7H2,1-3H3,(H,15,19). The molecule has 2 rings (SSSR count). The molecule has 1 amide bonds. The van der Waals surface area contributed by atoms with Crippen LogP contribution in [0, 0.1) is 0 Å². The number of rotatable bonds is 5. The van der Waals surface area contributed by atoms with Crippen LogP contribution in [0.1, 0.15) is 10.5 Å². The number of aryl methyl sites for hydroxylation is 1. The zero-order chi connectivity index (χ0) is 13.8. The largest absolute Gasteiger partial charge is 0.318 e. The minimum absolute atomic E-state index is 0.188. The van der Waals surface area contributed by atoms with E-state index in [2.05, 4.69) is 20.4 Å². The summed E-state index contributed by atoms with van der Waals surface area (Å²) in [5.41, 5.74) is 1.20. The van der Waals surface area contributed by atoms with E-state index in [0.717, 1.165) is 13.1 Å². The summed E-state index contributed by atoms with van der Waals surface area (Å²) in [5, 5.41) is 11.0. The number of likely N-dealkylation sites (N-methyl/N-ethyl adjacent to an activating group) is 1. The summed E-state index contributed by atoms with van der Waals surface area (Å²) >= 11 is 0. The zero-order valence-electron chi connectivity index (χ0n) is 11.4. The van der Waals surface area contributed by atoms with Crippen LogP contribution in [-0.4, -0.2) is 51.0 Å². The molecule has 2 heterocycles. The van der Waals surface area contributed by atoms with Crippen LogP contribution >= 0.6 is 0 Å². The van der Waals surface area contributed by atoms with Crippen LogP contribution in [0.3, 0.4) is 0 Å². The van der Waals surface area contributed by atoms with Gasteiger partial charge in [-0.1, -0.05) is 0 Å². The fourth-order valence-corrected chi connectivity index (χ4v) is 1.64. The normalized spacial score (nSPS) is 10.9. The lowest BCUT2D eigenvalue weighted by atomic mass is 10.4. The van der Waals surface area contributed by atoms with Crippen LogP contribution in [0.25, 0.3) is 0 Å². The first kappa shape index (κ1) is 13.3. The third kappa shape index (κ3) is 3.41. The second kappa shape index (κ2) is 5.66. The van der Waals surface area contributed by atoms with Crippen LogP contribution in [0.2, 0.25) is 0 Å². The maximum Gasteiger partial charge on any atom is 0.274 e. The summed E-state index contributed by atoms with van der Waals surface area (Å²) < 4.78 is 3.34. The van der Waals surface area contributed by atoms with Crippen molar-refractivity contribution in [1.82, 2.24) is 24.5 Å². The van der Waals surface area contributed by atoms with Crippen molar-refractivity contribution in [2.24, 2.45) is 7.05 Å². The van der Waals surface area contributed by atoms with Crippen LogP contribution < -0.4 is 5.32 Å². The fraction of sp³-hybridized carbons (Fsp3) is 0.417. The van der Waals surface area contributed by atoms with Crippen molar-refractivity contribution in [2.45, 2.75) is 6.54 Å². The van der Waals surface area contributed by atoms with E-state index in [9.17, 15) is 4.79 Å². The van der Waals surface area contributed by atoms with Gasteiger partial charge in [0.15, 0.2) is 0 Å². The van der Waals surface area contributed by atoms with Crippen molar-refractivity contribution in [3.8, 4) is 0 Å². The molecule has 0 saturated heterocycles. The lowest BCUT2D eigenvalue weighted by Gasteiger charge is -2.08. The predicted molar refractivity (Wildman–Crippen MR) is 71.9 cm³/mol. The van der Waals surface area contributed by atoms with E-state index in [1.54, 1.807) is 30.2 Å². The molecule has 102 valence electrons. The molecule has 7 nitrogen and oxygen atoms in total. The minimum Gasteiger partial charge on any atom is -0.318 e. The average Bonchev–Trinajstić information content (AvgIpc) is 2.95. The van der Waals surface area contributed by atoms with E-state index < -0.39 is 0 Å². The van der Waals surface area contributed by atoms with Gasteiger partial charge in [-0.3, -0.25) is 14.2 Å². The van der Waals surface area contributed by atoms with Gasteiger partial charge in [-0.05, 0) is 20.2 Å². The smallest absolute Gasteiger partial charge is 0.274 e. The van der Waals surface area contributed by atoms with E-state index in [1.807, 2.05) is 20.3 Å². The Balaban J connectivity index is 1.96. The molecule has 0 aliphatic carbocycles. The first-order valence-electron chi connectivity index (χ1n) is 6.03. The monoisotopic (exact) mass is 262 g/mol. The maximum absolute atomic E-state index is 12.0. The molecular weight excluding hydrogens is 244 g/mol. The number of carbonyl (C=O) groups excluding carboxylic acids is 1. The summed E-state index contributed by atoms with van der Waals surface area (Å²) in [6.45, 7) is 1.69. The second-order valence-corrected chi connectivity index (χ2v) is 4.59. The Morgan fingerprint density at radius 3 is 2.84 bits per heavy atom. The first-order chi connectivity index (χ1) is 9.06. The maximum atomic E-state index is 12.0. The van der Waals surface area contributed by atoms with Crippen molar-refractivity contribution >= 4 is 11.6 Å².